The SMILES string of the molecule is CC(CNc1cccc(C(N)=O)c1N)CN1CCCC1. The second kappa shape index (κ2) is 6.61. The third-order valence-electron chi connectivity index (χ3n) is 3.78. The average Bonchev–Trinajstić information content (AvgIpc) is 2.90. The van der Waals surface area contributed by atoms with Crippen molar-refractivity contribution >= 4 is 17.3 Å². The molecule has 5 heteroatoms. The Kier molecular flexibility index (Phi) is 4.84. The molecule has 0 aliphatic carbocycles. The van der Waals surface area contributed by atoms with Crippen LogP contribution in [-0.4, -0.2) is 37.0 Å². The van der Waals surface area contributed by atoms with Gasteiger partial charge in [0.15, 0.2) is 0 Å². The van der Waals surface area contributed by atoms with Crippen LogP contribution < -0.4 is 16.8 Å². The van der Waals surface area contributed by atoms with Crippen LogP contribution in [0.15, 0.2) is 18.2 Å². The van der Waals surface area contributed by atoms with Crippen molar-refractivity contribution in [2.75, 3.05) is 37.2 Å². The van der Waals surface area contributed by atoms with E-state index in [0.29, 0.717) is 17.2 Å². The zero-order valence-corrected chi connectivity index (χ0v) is 12.1. The lowest BCUT2D eigenvalue weighted by atomic mass is 10.1. The first kappa shape index (κ1) is 14.7. The number of para-hydroxylation sites is 1. The predicted molar refractivity (Wildman–Crippen MR) is 82.7 cm³/mol. The van der Waals surface area contributed by atoms with Crippen LogP contribution >= 0.6 is 0 Å². The van der Waals surface area contributed by atoms with E-state index in [9.17, 15) is 4.79 Å². The normalized spacial score (nSPS) is 17.1. The summed E-state index contributed by atoms with van der Waals surface area (Å²) >= 11 is 0. The van der Waals surface area contributed by atoms with Gasteiger partial charge in [0.25, 0.3) is 5.91 Å². The van der Waals surface area contributed by atoms with E-state index in [2.05, 4.69) is 17.1 Å². The Balaban J connectivity index is 1.90. The third-order valence-corrected chi connectivity index (χ3v) is 3.78. The fraction of sp³-hybridized carbons (Fsp3) is 0.533. The molecular weight excluding hydrogens is 252 g/mol. The molecule has 2 rings (SSSR count). The summed E-state index contributed by atoms with van der Waals surface area (Å²) in [7, 11) is 0. The number of carbonyl (C=O) groups is 1. The molecule has 110 valence electrons. The number of benzene rings is 1. The summed E-state index contributed by atoms with van der Waals surface area (Å²) in [4.78, 5) is 13.7. The molecule has 1 aromatic carbocycles. The van der Waals surface area contributed by atoms with E-state index in [1.165, 1.54) is 25.9 Å². The molecule has 1 amide bonds. The van der Waals surface area contributed by atoms with Crippen LogP contribution in [0.2, 0.25) is 0 Å². The Hall–Kier alpha value is -1.75. The van der Waals surface area contributed by atoms with E-state index >= 15 is 0 Å². The smallest absolute Gasteiger partial charge is 0.250 e. The zero-order chi connectivity index (χ0) is 14.5. The largest absolute Gasteiger partial charge is 0.396 e. The molecule has 0 radical (unpaired) electrons. The lowest BCUT2D eigenvalue weighted by Gasteiger charge is -2.21. The van der Waals surface area contributed by atoms with Gasteiger partial charge in [-0.1, -0.05) is 13.0 Å². The Morgan fingerprint density at radius 3 is 2.75 bits per heavy atom. The molecule has 1 heterocycles. The fourth-order valence-corrected chi connectivity index (χ4v) is 2.69. The third kappa shape index (κ3) is 3.63. The first-order valence-electron chi connectivity index (χ1n) is 7.22. The molecule has 1 fully saturated rings. The van der Waals surface area contributed by atoms with E-state index in [1.807, 2.05) is 6.07 Å². The van der Waals surface area contributed by atoms with Gasteiger partial charge >= 0.3 is 0 Å². The molecule has 0 spiro atoms. The summed E-state index contributed by atoms with van der Waals surface area (Å²) in [6, 6.07) is 5.32. The minimum Gasteiger partial charge on any atom is -0.396 e. The first-order valence-corrected chi connectivity index (χ1v) is 7.22. The van der Waals surface area contributed by atoms with Gasteiger partial charge in [0.2, 0.25) is 0 Å². The molecule has 0 bridgehead atoms. The van der Waals surface area contributed by atoms with E-state index in [0.717, 1.165) is 18.8 Å². The van der Waals surface area contributed by atoms with Crippen LogP contribution in [0.3, 0.4) is 0 Å². The van der Waals surface area contributed by atoms with E-state index < -0.39 is 5.91 Å². The van der Waals surface area contributed by atoms with Crippen molar-refractivity contribution in [2.24, 2.45) is 11.7 Å². The van der Waals surface area contributed by atoms with Crippen molar-refractivity contribution in [3.8, 4) is 0 Å². The minimum atomic E-state index is -0.490. The summed E-state index contributed by atoms with van der Waals surface area (Å²) < 4.78 is 0. The lowest BCUT2D eigenvalue weighted by Crippen LogP contribution is -2.29. The standard InChI is InChI=1S/C15H24N4O/c1-11(10-19-7-2-3-8-19)9-18-13-6-4-5-12(14(13)16)15(17)20/h4-6,11,18H,2-3,7-10,16H2,1H3,(H2,17,20). The van der Waals surface area contributed by atoms with Gasteiger partial charge in [-0.25, -0.2) is 0 Å². The second-order valence-corrected chi connectivity index (χ2v) is 5.62. The second-order valence-electron chi connectivity index (χ2n) is 5.62. The Morgan fingerprint density at radius 1 is 1.40 bits per heavy atom. The summed E-state index contributed by atoms with van der Waals surface area (Å²) in [5, 5.41) is 3.32. The fourth-order valence-electron chi connectivity index (χ4n) is 2.69. The first-order chi connectivity index (χ1) is 9.58. The number of hydrogen-bond acceptors (Lipinski definition) is 4. The van der Waals surface area contributed by atoms with Crippen LogP contribution in [0.1, 0.15) is 30.1 Å². The summed E-state index contributed by atoms with van der Waals surface area (Å²) in [5.74, 6) is 0.0426. The number of likely N-dealkylation sites (tertiary alicyclic amines) is 1. The Bertz CT molecular complexity index is 469. The number of amides is 1. The maximum absolute atomic E-state index is 11.3. The molecule has 0 saturated carbocycles. The van der Waals surface area contributed by atoms with E-state index in [4.69, 9.17) is 11.5 Å². The molecule has 0 aromatic heterocycles. The molecule has 5 N–H and O–H groups in total. The van der Waals surface area contributed by atoms with Gasteiger partial charge in [0.1, 0.15) is 0 Å². The number of nitrogens with two attached hydrogens (primary N) is 2. The van der Waals surface area contributed by atoms with Gasteiger partial charge in [-0.05, 0) is 44.0 Å². The van der Waals surface area contributed by atoms with Crippen LogP contribution in [0.25, 0.3) is 0 Å². The van der Waals surface area contributed by atoms with Crippen LogP contribution in [0.5, 0.6) is 0 Å². The quantitative estimate of drug-likeness (QED) is 0.688. The maximum atomic E-state index is 11.3. The zero-order valence-electron chi connectivity index (χ0n) is 12.1. The summed E-state index contributed by atoms with van der Waals surface area (Å²) in [6.07, 6.45) is 2.63. The van der Waals surface area contributed by atoms with Gasteiger partial charge in [0, 0.05) is 13.1 Å². The van der Waals surface area contributed by atoms with Crippen LogP contribution in [0.4, 0.5) is 11.4 Å². The number of primary amides is 1. The Morgan fingerprint density at radius 2 is 2.10 bits per heavy atom. The number of hydrogen-bond donors (Lipinski definition) is 3. The highest BCUT2D eigenvalue weighted by atomic mass is 16.1. The highest BCUT2D eigenvalue weighted by Gasteiger charge is 2.15. The van der Waals surface area contributed by atoms with Crippen molar-refractivity contribution in [3.05, 3.63) is 23.8 Å². The highest BCUT2D eigenvalue weighted by molar-refractivity contribution is 6.00. The molecule has 1 atom stereocenters. The van der Waals surface area contributed by atoms with Gasteiger partial charge in [0.05, 0.1) is 16.9 Å². The molecule has 1 aromatic rings. The predicted octanol–water partition coefficient (Wildman–Crippen LogP) is 1.51. The van der Waals surface area contributed by atoms with Crippen molar-refractivity contribution < 1.29 is 4.79 Å². The van der Waals surface area contributed by atoms with Crippen molar-refractivity contribution in [2.45, 2.75) is 19.8 Å². The number of nitrogen functional groups attached to an aromatic ring is 1. The minimum absolute atomic E-state index is 0.377. The monoisotopic (exact) mass is 276 g/mol. The summed E-state index contributed by atoms with van der Waals surface area (Å²) in [6.45, 7) is 6.58. The van der Waals surface area contributed by atoms with Gasteiger partial charge < -0.3 is 21.7 Å². The molecular formula is C15H24N4O. The lowest BCUT2D eigenvalue weighted by molar-refractivity contribution is 0.100. The van der Waals surface area contributed by atoms with E-state index in [-0.39, 0.29) is 0 Å². The van der Waals surface area contributed by atoms with Crippen molar-refractivity contribution in [1.82, 2.24) is 4.90 Å². The molecule has 1 aliphatic rings. The number of rotatable bonds is 6. The Labute approximate surface area is 120 Å². The van der Waals surface area contributed by atoms with Crippen molar-refractivity contribution in [3.63, 3.8) is 0 Å². The van der Waals surface area contributed by atoms with Gasteiger partial charge in [-0.2, -0.15) is 0 Å². The van der Waals surface area contributed by atoms with Crippen LogP contribution in [-0.2, 0) is 0 Å². The average molecular weight is 276 g/mol. The van der Waals surface area contributed by atoms with Crippen molar-refractivity contribution in [1.29, 1.82) is 0 Å². The molecule has 1 saturated heterocycles. The molecule has 1 aliphatic heterocycles. The molecule has 5 nitrogen and oxygen atoms in total. The highest BCUT2D eigenvalue weighted by Crippen LogP contribution is 2.22. The summed E-state index contributed by atoms with van der Waals surface area (Å²) in [5.41, 5.74) is 12.9. The topological polar surface area (TPSA) is 84.4 Å². The number of nitrogens with one attached hydrogen (secondary N) is 1. The maximum Gasteiger partial charge on any atom is 0.250 e. The number of nitrogens with zero attached hydrogens (tertiary/aromatic N) is 1. The number of anilines is 2. The molecule has 1 unspecified atom stereocenters. The van der Waals surface area contributed by atoms with Gasteiger partial charge in [-0.15, -0.1) is 0 Å². The van der Waals surface area contributed by atoms with E-state index in [1.54, 1.807) is 12.1 Å². The number of carbonyl (C=O) groups excluding carboxylic acids is 1. The van der Waals surface area contributed by atoms with Gasteiger partial charge in [-0.3, -0.25) is 4.79 Å². The van der Waals surface area contributed by atoms with Crippen LogP contribution in [0, 0.1) is 5.92 Å². The molecule has 20 heavy (non-hydrogen) atoms.